The van der Waals surface area contributed by atoms with Gasteiger partial charge in [0.25, 0.3) is 0 Å². The first-order valence-electron chi connectivity index (χ1n) is 17.8. The molecule has 0 bridgehead atoms. The molecule has 6 nitrogen and oxygen atoms in total. The number of nitrogens with one attached hydrogen (secondary N) is 2. The van der Waals surface area contributed by atoms with Crippen LogP contribution in [-0.4, -0.2) is 21.4 Å². The molecular formula is C48H31N5O. The number of hydrazone groups is 1. The molecule has 0 aliphatic heterocycles. The molecule has 54 heavy (non-hydrogen) atoms. The van der Waals surface area contributed by atoms with Crippen LogP contribution < -0.4 is 5.43 Å². The van der Waals surface area contributed by atoms with Gasteiger partial charge in [-0.3, -0.25) is 10.8 Å². The Bertz CT molecular complexity index is 2980. The highest BCUT2D eigenvalue weighted by Crippen LogP contribution is 2.36. The predicted molar refractivity (Wildman–Crippen MR) is 222 cm³/mol. The van der Waals surface area contributed by atoms with Crippen molar-refractivity contribution in [1.82, 2.24) is 9.97 Å². The lowest BCUT2D eigenvalue weighted by Crippen LogP contribution is -2.18. The molecule has 0 atom stereocenters. The highest BCUT2D eigenvalue weighted by molar-refractivity contribution is 6.55. The number of hydrogen-bond donors (Lipinski definition) is 2. The second kappa shape index (κ2) is 13.0. The van der Waals surface area contributed by atoms with E-state index in [9.17, 15) is 5.41 Å². The molecule has 0 saturated heterocycles. The molecular weight excluding hydrogens is 663 g/mol. The highest BCUT2D eigenvalue weighted by Gasteiger charge is 2.21. The first-order chi connectivity index (χ1) is 26.6. The third kappa shape index (κ3) is 5.63. The van der Waals surface area contributed by atoms with Crippen LogP contribution in [0, 0.1) is 5.41 Å². The second-order valence-corrected chi connectivity index (χ2v) is 13.4. The number of para-hydroxylation sites is 2. The van der Waals surface area contributed by atoms with Crippen LogP contribution in [0.4, 0.5) is 5.69 Å². The van der Waals surface area contributed by atoms with Crippen molar-refractivity contribution in [2.45, 2.75) is 0 Å². The fourth-order valence-electron chi connectivity index (χ4n) is 7.25. The molecule has 9 aromatic rings. The van der Waals surface area contributed by atoms with Gasteiger partial charge in [-0.15, -0.1) is 0 Å². The number of furan rings is 1. The molecule has 2 N–H and O–H groups in total. The van der Waals surface area contributed by atoms with Crippen LogP contribution in [0.1, 0.15) is 11.1 Å². The summed E-state index contributed by atoms with van der Waals surface area (Å²) in [6.45, 7) is 0. The third-order valence-corrected chi connectivity index (χ3v) is 9.98. The quantitative estimate of drug-likeness (QED) is 0.170. The van der Waals surface area contributed by atoms with Gasteiger partial charge in [-0.25, -0.2) is 9.97 Å². The SMILES string of the molecule is N=C1/C(=N\Nc2ccccc2)C=Cc2ccc3ccc(-c4nc(-c5cccc(-c6ccccc6)c5)cc(-c5ccc6c(c5)oc5ccccc56)n4)cc3c21. The normalized spacial score (nSPS) is 13.2. The van der Waals surface area contributed by atoms with Gasteiger partial charge in [0.05, 0.1) is 22.8 Å². The van der Waals surface area contributed by atoms with Crippen molar-refractivity contribution in [2.24, 2.45) is 5.10 Å². The summed E-state index contributed by atoms with van der Waals surface area (Å²) < 4.78 is 6.29. The Morgan fingerprint density at radius 3 is 2.04 bits per heavy atom. The summed E-state index contributed by atoms with van der Waals surface area (Å²) in [5, 5.41) is 18.0. The molecule has 0 radical (unpaired) electrons. The van der Waals surface area contributed by atoms with E-state index in [1.54, 1.807) is 0 Å². The van der Waals surface area contributed by atoms with E-state index in [0.29, 0.717) is 17.2 Å². The lowest BCUT2D eigenvalue weighted by Gasteiger charge is -2.17. The fourth-order valence-corrected chi connectivity index (χ4v) is 7.25. The number of rotatable bonds is 6. The number of benzene rings is 7. The molecule has 0 unspecified atom stereocenters. The van der Waals surface area contributed by atoms with Crippen LogP contribution in [-0.2, 0) is 0 Å². The van der Waals surface area contributed by atoms with Crippen molar-refractivity contribution >= 4 is 55.9 Å². The molecule has 1 aliphatic carbocycles. The van der Waals surface area contributed by atoms with Crippen LogP contribution >= 0.6 is 0 Å². The standard InChI is InChI=1S/C48H31N5O/c49-47-41(53-52-37-14-5-2-6-15-37)25-23-32-20-18-31-19-21-36(27-40(31)46(32)47)48-50-42(34-13-9-12-33(26-34)30-10-3-1-4-11-30)29-43(51-48)35-22-24-39-38-16-7-8-17-44(38)54-45(39)28-35/h1-29,49,52H/b49-47?,53-41-. The van der Waals surface area contributed by atoms with Gasteiger partial charge in [-0.1, -0.05) is 121 Å². The lowest BCUT2D eigenvalue weighted by atomic mass is 9.88. The van der Waals surface area contributed by atoms with Gasteiger partial charge in [0.2, 0.25) is 0 Å². The van der Waals surface area contributed by atoms with Crippen LogP contribution in [0.2, 0.25) is 0 Å². The topological polar surface area (TPSA) is 87.2 Å². The minimum absolute atomic E-state index is 0.353. The van der Waals surface area contributed by atoms with Crippen LogP contribution in [0.25, 0.3) is 83.8 Å². The molecule has 0 spiro atoms. The van der Waals surface area contributed by atoms with E-state index in [1.165, 1.54) is 0 Å². The zero-order valence-corrected chi connectivity index (χ0v) is 29.0. The van der Waals surface area contributed by atoms with Crippen molar-refractivity contribution < 1.29 is 4.42 Å². The molecule has 7 aromatic carbocycles. The summed E-state index contributed by atoms with van der Waals surface area (Å²) >= 11 is 0. The predicted octanol–water partition coefficient (Wildman–Crippen LogP) is 12.1. The summed E-state index contributed by atoms with van der Waals surface area (Å²) in [7, 11) is 0. The monoisotopic (exact) mass is 693 g/mol. The Balaban J connectivity index is 1.12. The van der Waals surface area contributed by atoms with Gasteiger partial charge in [0.1, 0.15) is 16.9 Å². The van der Waals surface area contributed by atoms with Crippen molar-refractivity contribution in [3.63, 3.8) is 0 Å². The fraction of sp³-hybridized carbons (Fsp3) is 0. The first-order valence-corrected chi connectivity index (χ1v) is 17.8. The highest BCUT2D eigenvalue weighted by atomic mass is 16.3. The molecule has 0 saturated carbocycles. The van der Waals surface area contributed by atoms with E-state index in [-0.39, 0.29) is 0 Å². The molecule has 1 aliphatic rings. The molecule has 0 amide bonds. The Kier molecular flexibility index (Phi) is 7.51. The Hall–Kier alpha value is -7.44. The van der Waals surface area contributed by atoms with Gasteiger partial charge in [-0.05, 0) is 82.1 Å². The Morgan fingerprint density at radius 1 is 0.500 bits per heavy atom. The molecule has 0 fully saturated rings. The van der Waals surface area contributed by atoms with Crippen LogP contribution in [0.5, 0.6) is 0 Å². The number of allylic oxidation sites excluding steroid dienone is 1. The maximum Gasteiger partial charge on any atom is 0.160 e. The first kappa shape index (κ1) is 31.3. The van der Waals surface area contributed by atoms with E-state index in [1.807, 2.05) is 66.7 Å². The second-order valence-electron chi connectivity index (χ2n) is 13.4. The van der Waals surface area contributed by atoms with Crippen molar-refractivity contribution in [2.75, 3.05) is 5.43 Å². The van der Waals surface area contributed by atoms with E-state index in [2.05, 4.69) is 120 Å². The molecule has 254 valence electrons. The van der Waals surface area contributed by atoms with E-state index < -0.39 is 0 Å². The Labute approximate surface area is 311 Å². The maximum absolute atomic E-state index is 9.28. The number of anilines is 1. The minimum Gasteiger partial charge on any atom is -0.456 e. The molecule has 6 heteroatoms. The number of hydrogen-bond acceptors (Lipinski definition) is 6. The smallest absolute Gasteiger partial charge is 0.160 e. The van der Waals surface area contributed by atoms with Gasteiger partial charge in [0.15, 0.2) is 5.82 Å². The molecule has 10 rings (SSSR count). The minimum atomic E-state index is 0.353. The Morgan fingerprint density at radius 2 is 1.19 bits per heavy atom. The zero-order valence-electron chi connectivity index (χ0n) is 29.0. The summed E-state index contributed by atoms with van der Waals surface area (Å²) in [4.78, 5) is 10.4. The van der Waals surface area contributed by atoms with Crippen LogP contribution in [0.15, 0.2) is 179 Å². The summed E-state index contributed by atoms with van der Waals surface area (Å²) in [6, 6.07) is 55.5. The van der Waals surface area contributed by atoms with Crippen LogP contribution in [0.3, 0.4) is 0 Å². The van der Waals surface area contributed by atoms with Gasteiger partial charge in [0, 0.05) is 33.0 Å². The van der Waals surface area contributed by atoms with E-state index >= 15 is 0 Å². The summed E-state index contributed by atoms with van der Waals surface area (Å²) in [5.74, 6) is 0.592. The van der Waals surface area contributed by atoms with Gasteiger partial charge >= 0.3 is 0 Å². The zero-order chi connectivity index (χ0) is 36.0. The average Bonchev–Trinajstić information content (AvgIpc) is 3.62. The van der Waals surface area contributed by atoms with Crippen molar-refractivity contribution in [3.8, 4) is 45.0 Å². The number of aromatic nitrogens is 2. The molecule has 2 aromatic heterocycles. The van der Waals surface area contributed by atoms with Crippen molar-refractivity contribution in [1.29, 1.82) is 5.41 Å². The summed E-state index contributed by atoms with van der Waals surface area (Å²) in [5.41, 5.74) is 15.0. The van der Waals surface area contributed by atoms with Gasteiger partial charge < -0.3 is 4.42 Å². The average molecular weight is 694 g/mol. The van der Waals surface area contributed by atoms with Crippen molar-refractivity contribution in [3.05, 3.63) is 181 Å². The largest absolute Gasteiger partial charge is 0.456 e. The molecule has 2 heterocycles. The maximum atomic E-state index is 9.28. The summed E-state index contributed by atoms with van der Waals surface area (Å²) in [6.07, 6.45) is 3.91. The lowest BCUT2D eigenvalue weighted by molar-refractivity contribution is 0.669. The van der Waals surface area contributed by atoms with Gasteiger partial charge in [-0.2, -0.15) is 5.10 Å². The van der Waals surface area contributed by atoms with E-state index in [0.717, 1.165) is 88.7 Å². The number of fused-ring (bicyclic) bond motifs is 6. The third-order valence-electron chi connectivity index (χ3n) is 9.98. The van der Waals surface area contributed by atoms with E-state index in [4.69, 9.17) is 14.4 Å². The number of nitrogens with zero attached hydrogens (tertiary/aromatic N) is 3.